The van der Waals surface area contributed by atoms with Crippen molar-refractivity contribution in [3.8, 4) is 23.8 Å². The summed E-state index contributed by atoms with van der Waals surface area (Å²) in [4.78, 5) is 4.52. The lowest BCUT2D eigenvalue weighted by Gasteiger charge is -2.13. The second-order valence-corrected chi connectivity index (χ2v) is 6.00. The van der Waals surface area contributed by atoms with E-state index in [1.807, 2.05) is 24.3 Å². The van der Waals surface area contributed by atoms with Crippen molar-refractivity contribution in [3.05, 3.63) is 53.8 Å². The molecule has 1 aliphatic rings. The molecule has 0 amide bonds. The van der Waals surface area contributed by atoms with Gasteiger partial charge in [0.15, 0.2) is 17.5 Å². The fraction of sp³-hybridized carbons (Fsp3) is 0.286. The summed E-state index contributed by atoms with van der Waals surface area (Å²) in [6.07, 6.45) is 6.82. The molecule has 2 N–H and O–H groups in total. The number of halogens is 2. The highest BCUT2D eigenvalue weighted by Crippen LogP contribution is 2.32. The molecule has 0 saturated heterocycles. The first kappa shape index (κ1) is 21.8. The van der Waals surface area contributed by atoms with Crippen LogP contribution in [-0.4, -0.2) is 32.3 Å². The van der Waals surface area contributed by atoms with Gasteiger partial charge in [-0.3, -0.25) is 4.99 Å². The van der Waals surface area contributed by atoms with Crippen molar-refractivity contribution in [3.63, 3.8) is 0 Å². The van der Waals surface area contributed by atoms with E-state index in [-0.39, 0.29) is 29.8 Å². The van der Waals surface area contributed by atoms with Gasteiger partial charge in [0.05, 0.1) is 19.8 Å². The van der Waals surface area contributed by atoms with E-state index in [0.29, 0.717) is 44.4 Å². The van der Waals surface area contributed by atoms with Crippen LogP contribution in [-0.2, 0) is 6.42 Å². The summed E-state index contributed by atoms with van der Waals surface area (Å²) in [5.74, 6) is 4.28. The van der Waals surface area contributed by atoms with Crippen molar-refractivity contribution in [2.24, 2.45) is 4.99 Å². The van der Waals surface area contributed by atoms with Crippen LogP contribution >= 0.6 is 24.0 Å². The Morgan fingerprint density at radius 2 is 1.96 bits per heavy atom. The summed E-state index contributed by atoms with van der Waals surface area (Å²) in [6, 6.07) is 12.2. The number of anilines is 1. The number of benzene rings is 2. The molecule has 0 radical (unpaired) electrons. The van der Waals surface area contributed by atoms with Crippen molar-refractivity contribution in [1.82, 2.24) is 5.32 Å². The molecule has 1 heterocycles. The zero-order chi connectivity index (χ0) is 18.9. The Hall–Kier alpha value is -2.47. The molecule has 0 saturated carbocycles. The molecule has 148 valence electrons. The molecule has 3 rings (SSSR count). The van der Waals surface area contributed by atoms with Crippen LogP contribution in [0.2, 0.25) is 0 Å². The predicted molar refractivity (Wildman–Crippen MR) is 120 cm³/mol. The molecule has 0 spiro atoms. The van der Waals surface area contributed by atoms with Crippen molar-refractivity contribution in [2.45, 2.75) is 12.8 Å². The van der Waals surface area contributed by atoms with E-state index < -0.39 is 0 Å². The molecule has 0 fully saturated rings. The highest BCUT2D eigenvalue weighted by Gasteiger charge is 2.11. The Labute approximate surface area is 181 Å². The zero-order valence-electron chi connectivity index (χ0n) is 15.4. The van der Waals surface area contributed by atoms with Gasteiger partial charge in [0.25, 0.3) is 0 Å². The van der Waals surface area contributed by atoms with Gasteiger partial charge < -0.3 is 20.1 Å². The van der Waals surface area contributed by atoms with Crippen LogP contribution in [0, 0.1) is 18.2 Å². The quantitative estimate of drug-likeness (QED) is 0.287. The van der Waals surface area contributed by atoms with Gasteiger partial charge >= 0.3 is 0 Å². The molecule has 2 aromatic carbocycles. The van der Waals surface area contributed by atoms with Crippen LogP contribution in [0.5, 0.6) is 11.5 Å². The van der Waals surface area contributed by atoms with Gasteiger partial charge in [-0.05, 0) is 36.2 Å². The number of terminal acetylenes is 1. The number of fused-ring (bicyclic) bond motifs is 1. The molecule has 7 heteroatoms. The minimum absolute atomic E-state index is 0. The number of hydrogen-bond donors (Lipinski definition) is 2. The number of nitrogens with zero attached hydrogens (tertiary/aromatic N) is 1. The number of guanidine groups is 1. The first-order valence-electron chi connectivity index (χ1n) is 8.87. The zero-order valence-corrected chi connectivity index (χ0v) is 17.7. The number of aliphatic imine (C=N–C) groups is 1. The number of ether oxygens (including phenoxy) is 2. The Morgan fingerprint density at radius 3 is 2.75 bits per heavy atom. The van der Waals surface area contributed by atoms with Gasteiger partial charge in [-0.2, -0.15) is 0 Å². The maximum absolute atomic E-state index is 13.3. The highest BCUT2D eigenvalue weighted by atomic mass is 127. The van der Waals surface area contributed by atoms with Crippen LogP contribution in [0.1, 0.15) is 12.0 Å². The Kier molecular flexibility index (Phi) is 8.88. The second kappa shape index (κ2) is 11.4. The van der Waals surface area contributed by atoms with Crippen molar-refractivity contribution in [1.29, 1.82) is 0 Å². The normalized spacial score (nSPS) is 12.9. The fourth-order valence-electron chi connectivity index (χ4n) is 2.64. The van der Waals surface area contributed by atoms with Gasteiger partial charge in [-0.15, -0.1) is 30.4 Å². The van der Waals surface area contributed by atoms with E-state index in [2.05, 4.69) is 21.5 Å². The topological polar surface area (TPSA) is 54.9 Å². The molecule has 2 aromatic rings. The molecule has 0 unspecified atom stereocenters. The van der Waals surface area contributed by atoms with E-state index in [9.17, 15) is 4.39 Å². The second-order valence-electron chi connectivity index (χ2n) is 6.00. The average molecular weight is 495 g/mol. The number of rotatable bonds is 5. The molecular weight excluding hydrogens is 472 g/mol. The Balaban J connectivity index is 0.00000280. The lowest BCUT2D eigenvalue weighted by molar-refractivity contribution is 0.297. The minimum Gasteiger partial charge on any atom is -0.490 e. The first-order chi connectivity index (χ1) is 13.2. The first-order valence-corrected chi connectivity index (χ1v) is 8.87. The summed E-state index contributed by atoms with van der Waals surface area (Å²) in [7, 11) is 0. The third kappa shape index (κ3) is 6.60. The number of nitrogens with one attached hydrogen (secondary N) is 2. The van der Waals surface area contributed by atoms with E-state index in [4.69, 9.17) is 15.9 Å². The predicted octanol–water partition coefficient (Wildman–Crippen LogP) is 3.84. The fourth-order valence-corrected chi connectivity index (χ4v) is 2.64. The molecule has 0 aromatic heterocycles. The maximum atomic E-state index is 13.3. The van der Waals surface area contributed by atoms with Crippen LogP contribution in [0.25, 0.3) is 0 Å². The largest absolute Gasteiger partial charge is 0.490 e. The Morgan fingerprint density at radius 1 is 1.14 bits per heavy atom. The third-order valence-electron chi connectivity index (χ3n) is 3.93. The lowest BCUT2D eigenvalue weighted by atomic mass is 10.1. The molecule has 1 aliphatic heterocycles. The molecule has 0 aliphatic carbocycles. The van der Waals surface area contributed by atoms with Gasteiger partial charge in [0, 0.05) is 24.7 Å². The van der Waals surface area contributed by atoms with E-state index in [0.717, 1.165) is 23.4 Å². The van der Waals surface area contributed by atoms with E-state index in [1.54, 1.807) is 6.07 Å². The summed E-state index contributed by atoms with van der Waals surface area (Å²) in [6.45, 7) is 2.11. The van der Waals surface area contributed by atoms with Crippen LogP contribution in [0.15, 0.2) is 47.5 Å². The standard InChI is InChI=1S/C21H22FN3O2.HI/c1-2-10-23-21(24-11-9-16-5-3-6-17(22)14-16)25-18-7-8-19-20(15-18)27-13-4-12-26-19;/h1,3,5-8,14-15H,4,9-13H2,(H2,23,24,25);1H. The summed E-state index contributed by atoms with van der Waals surface area (Å²) in [5.41, 5.74) is 1.71. The summed E-state index contributed by atoms with van der Waals surface area (Å²) >= 11 is 0. The van der Waals surface area contributed by atoms with Gasteiger partial charge in [-0.1, -0.05) is 18.1 Å². The minimum atomic E-state index is -0.243. The molecular formula is C21H23FIN3O2. The van der Waals surface area contributed by atoms with Crippen molar-refractivity contribution in [2.75, 3.05) is 31.6 Å². The third-order valence-corrected chi connectivity index (χ3v) is 3.93. The number of hydrogen-bond acceptors (Lipinski definition) is 3. The van der Waals surface area contributed by atoms with Crippen molar-refractivity contribution >= 4 is 35.6 Å². The van der Waals surface area contributed by atoms with Crippen molar-refractivity contribution < 1.29 is 13.9 Å². The highest BCUT2D eigenvalue weighted by molar-refractivity contribution is 14.0. The van der Waals surface area contributed by atoms with Crippen LogP contribution in [0.3, 0.4) is 0 Å². The SMILES string of the molecule is C#CCNC(=NCCc1cccc(F)c1)Nc1ccc2c(c1)OCCCO2.I. The molecule has 0 bridgehead atoms. The molecule has 28 heavy (non-hydrogen) atoms. The average Bonchev–Trinajstić information content (AvgIpc) is 2.91. The molecule has 5 nitrogen and oxygen atoms in total. The summed E-state index contributed by atoms with van der Waals surface area (Å²) in [5, 5.41) is 6.28. The Bertz CT molecular complexity index is 852. The smallest absolute Gasteiger partial charge is 0.196 e. The van der Waals surface area contributed by atoms with Crippen LogP contribution in [0.4, 0.5) is 10.1 Å². The van der Waals surface area contributed by atoms with E-state index in [1.165, 1.54) is 12.1 Å². The summed E-state index contributed by atoms with van der Waals surface area (Å²) < 4.78 is 24.6. The lowest BCUT2D eigenvalue weighted by Crippen LogP contribution is -2.31. The van der Waals surface area contributed by atoms with Gasteiger partial charge in [0.2, 0.25) is 0 Å². The monoisotopic (exact) mass is 495 g/mol. The molecule has 0 atom stereocenters. The van der Waals surface area contributed by atoms with Gasteiger partial charge in [-0.25, -0.2) is 4.39 Å². The van der Waals surface area contributed by atoms with Crippen LogP contribution < -0.4 is 20.1 Å². The maximum Gasteiger partial charge on any atom is 0.196 e. The van der Waals surface area contributed by atoms with Gasteiger partial charge in [0.1, 0.15) is 5.82 Å². The van der Waals surface area contributed by atoms with E-state index >= 15 is 0 Å².